The van der Waals surface area contributed by atoms with Gasteiger partial charge in [0.25, 0.3) is 0 Å². The van der Waals surface area contributed by atoms with Gasteiger partial charge in [-0.25, -0.2) is 17.5 Å². The molecule has 0 saturated carbocycles. The van der Waals surface area contributed by atoms with Crippen LogP contribution in [0.1, 0.15) is 23.9 Å². The quantitative estimate of drug-likeness (QED) is 0.326. The van der Waals surface area contributed by atoms with Gasteiger partial charge in [0.2, 0.25) is 22.4 Å². The van der Waals surface area contributed by atoms with Gasteiger partial charge >= 0.3 is 5.97 Å². The molecular formula is C15H14BrClFNO6S. The molecule has 26 heavy (non-hydrogen) atoms. The molecule has 0 saturated heterocycles. The Bertz CT molecular complexity index is 893. The summed E-state index contributed by atoms with van der Waals surface area (Å²) < 4.78 is 48.1. The molecule has 1 heterocycles. The molecule has 0 fully saturated rings. The third-order valence-electron chi connectivity index (χ3n) is 3.23. The van der Waals surface area contributed by atoms with Gasteiger partial charge in [0.05, 0.1) is 15.4 Å². The molecule has 1 aromatic carbocycles. The first-order valence-corrected chi connectivity index (χ1v) is 9.69. The summed E-state index contributed by atoms with van der Waals surface area (Å²) in [6.07, 6.45) is 0.210. The van der Waals surface area contributed by atoms with E-state index in [1.165, 1.54) is 18.2 Å². The maximum absolute atomic E-state index is 14.3. The van der Waals surface area contributed by atoms with E-state index in [9.17, 15) is 22.7 Å². The van der Waals surface area contributed by atoms with E-state index in [2.05, 4.69) is 20.7 Å². The summed E-state index contributed by atoms with van der Waals surface area (Å²) in [5.41, 5.74) is -0.116. The van der Waals surface area contributed by atoms with Crippen LogP contribution in [0.5, 0.6) is 11.5 Å². The lowest BCUT2D eigenvalue weighted by atomic mass is 10.1. The fraction of sp³-hybridized carbons (Fsp3) is 0.267. The van der Waals surface area contributed by atoms with E-state index in [1.807, 2.05) is 0 Å². The number of furan rings is 1. The molecule has 142 valence electrons. The second-order valence-electron chi connectivity index (χ2n) is 5.09. The number of carbonyl (C=O) groups is 1. The molecule has 1 atom stereocenters. The Morgan fingerprint density at radius 2 is 2.19 bits per heavy atom. The molecule has 11 heteroatoms. The van der Waals surface area contributed by atoms with Crippen LogP contribution in [0.2, 0.25) is 5.02 Å². The number of benzene rings is 1. The highest BCUT2D eigenvalue weighted by molar-refractivity contribution is 9.09. The molecule has 2 rings (SSSR count). The third-order valence-corrected chi connectivity index (χ3v) is 4.88. The van der Waals surface area contributed by atoms with Gasteiger partial charge in [-0.1, -0.05) is 33.6 Å². The molecule has 0 amide bonds. The largest absolute Gasteiger partial charge is 0.502 e. The molecule has 1 unspecified atom stereocenters. The predicted octanol–water partition coefficient (Wildman–Crippen LogP) is 3.31. The van der Waals surface area contributed by atoms with Gasteiger partial charge in [-0.2, -0.15) is 0 Å². The smallest absolute Gasteiger partial charge is 0.308 e. The van der Waals surface area contributed by atoms with Crippen molar-refractivity contribution >= 4 is 44.4 Å². The summed E-state index contributed by atoms with van der Waals surface area (Å²) in [6, 6.07) is 4.14. The van der Waals surface area contributed by atoms with E-state index < -0.39 is 33.3 Å². The molecule has 0 aliphatic heterocycles. The van der Waals surface area contributed by atoms with Crippen molar-refractivity contribution in [1.82, 2.24) is 4.72 Å². The fourth-order valence-electron chi connectivity index (χ4n) is 2.15. The number of hydrogen-bond acceptors (Lipinski definition) is 6. The number of thiol groups is 1. The molecule has 7 nitrogen and oxygen atoms in total. The molecule has 2 N–H and O–H groups in total. The number of nitrogens with one attached hydrogen (secondary N) is 1. The number of hydrogen-bond donors (Lipinski definition) is 3. The summed E-state index contributed by atoms with van der Waals surface area (Å²) in [5.74, 6) is -2.63. The Hall–Kier alpha value is -1.62. The summed E-state index contributed by atoms with van der Waals surface area (Å²) in [5, 5.41) is 10.2. The van der Waals surface area contributed by atoms with Crippen molar-refractivity contribution in [2.24, 2.45) is 0 Å². The van der Waals surface area contributed by atoms with Crippen LogP contribution in [0, 0.1) is 5.82 Å². The van der Waals surface area contributed by atoms with Crippen molar-refractivity contribution in [3.8, 4) is 22.8 Å². The van der Waals surface area contributed by atoms with E-state index >= 15 is 0 Å². The first-order valence-electron chi connectivity index (χ1n) is 7.22. The lowest BCUT2D eigenvalue weighted by Gasteiger charge is -2.08. The van der Waals surface area contributed by atoms with Crippen LogP contribution in [0.3, 0.4) is 0 Å². The maximum Gasteiger partial charge on any atom is 0.308 e. The first-order chi connectivity index (χ1) is 12.2. The van der Waals surface area contributed by atoms with Crippen LogP contribution in [0.15, 0.2) is 22.6 Å². The van der Waals surface area contributed by atoms with Crippen molar-refractivity contribution in [3.63, 3.8) is 0 Å². The van der Waals surface area contributed by atoms with E-state index in [0.29, 0.717) is 0 Å². The Labute approximate surface area is 163 Å². The summed E-state index contributed by atoms with van der Waals surface area (Å²) in [6.45, 7) is 1.19. The van der Waals surface area contributed by atoms with Gasteiger partial charge in [-0.3, -0.25) is 4.79 Å². The van der Waals surface area contributed by atoms with Crippen LogP contribution in [-0.2, 0) is 15.7 Å². The summed E-state index contributed by atoms with van der Waals surface area (Å²) in [4.78, 5) is 10.7. The standard InChI is InChI=1S/C15H14BrClFNO6S/c1-7(20)24-15-12(21)13(8-3-2-4-10(17)11(8)18)25-14(15)9(16)5-6-19-26(22)23/h2-4,9,21,26H,5-6H2,1H3,(H,19,22,23). The Kier molecular flexibility index (Phi) is 7.04. The van der Waals surface area contributed by atoms with Crippen LogP contribution in [-0.4, -0.2) is 26.0 Å². The van der Waals surface area contributed by atoms with Crippen molar-refractivity contribution in [1.29, 1.82) is 0 Å². The van der Waals surface area contributed by atoms with E-state index in [0.717, 1.165) is 6.92 Å². The zero-order valence-electron chi connectivity index (χ0n) is 13.3. The zero-order valence-corrected chi connectivity index (χ0v) is 16.5. The molecule has 2 aromatic rings. The number of rotatable bonds is 7. The summed E-state index contributed by atoms with van der Waals surface area (Å²) >= 11 is 9.03. The van der Waals surface area contributed by atoms with E-state index in [1.54, 1.807) is 0 Å². The highest BCUT2D eigenvalue weighted by Gasteiger charge is 2.29. The van der Waals surface area contributed by atoms with Gasteiger partial charge in [-0.15, -0.1) is 0 Å². The maximum atomic E-state index is 14.3. The van der Waals surface area contributed by atoms with Crippen molar-refractivity contribution in [3.05, 3.63) is 34.8 Å². The molecule has 0 spiro atoms. The Balaban J connectivity index is 2.47. The molecule has 0 aliphatic carbocycles. The van der Waals surface area contributed by atoms with Gasteiger partial charge in [0.1, 0.15) is 0 Å². The molecular weight excluding hydrogens is 457 g/mol. The second kappa shape index (κ2) is 8.85. The zero-order chi connectivity index (χ0) is 19.4. The second-order valence-corrected chi connectivity index (χ2v) is 7.43. The van der Waals surface area contributed by atoms with E-state index in [4.69, 9.17) is 20.8 Å². The van der Waals surface area contributed by atoms with Gasteiger partial charge < -0.3 is 14.3 Å². The molecule has 0 aliphatic rings. The monoisotopic (exact) mass is 469 g/mol. The average molecular weight is 471 g/mol. The fourth-order valence-corrected chi connectivity index (χ4v) is 3.16. The lowest BCUT2D eigenvalue weighted by Crippen LogP contribution is -2.14. The van der Waals surface area contributed by atoms with Gasteiger partial charge in [0.15, 0.2) is 17.3 Å². The number of aromatic hydroxyl groups is 1. The summed E-state index contributed by atoms with van der Waals surface area (Å²) in [7, 11) is -2.77. The van der Waals surface area contributed by atoms with Gasteiger partial charge in [0, 0.05) is 13.5 Å². The minimum atomic E-state index is -2.77. The average Bonchev–Trinajstić information content (AvgIpc) is 2.86. The Morgan fingerprint density at radius 1 is 1.50 bits per heavy atom. The van der Waals surface area contributed by atoms with Crippen molar-refractivity contribution in [2.45, 2.75) is 18.2 Å². The molecule has 1 aromatic heterocycles. The van der Waals surface area contributed by atoms with Crippen molar-refractivity contribution < 1.29 is 31.9 Å². The highest BCUT2D eigenvalue weighted by Crippen LogP contribution is 2.48. The van der Waals surface area contributed by atoms with Crippen molar-refractivity contribution in [2.75, 3.05) is 6.54 Å². The molecule has 0 radical (unpaired) electrons. The highest BCUT2D eigenvalue weighted by atomic mass is 79.9. The topological polar surface area (TPSA) is 106 Å². The number of carbonyl (C=O) groups excluding carboxylic acids is 1. The first kappa shape index (κ1) is 20.7. The normalized spacial score (nSPS) is 12.3. The van der Waals surface area contributed by atoms with Gasteiger partial charge in [-0.05, 0) is 18.6 Å². The van der Waals surface area contributed by atoms with Crippen LogP contribution in [0.25, 0.3) is 11.3 Å². The molecule has 0 bridgehead atoms. The third kappa shape index (κ3) is 4.76. The number of esters is 1. The SMILES string of the molecule is CC(=O)Oc1c(C(Br)CCN[SH](=O)=O)oc(-c2cccc(Cl)c2F)c1O. The van der Waals surface area contributed by atoms with Crippen LogP contribution in [0.4, 0.5) is 4.39 Å². The van der Waals surface area contributed by atoms with E-state index in [-0.39, 0.29) is 40.8 Å². The minimum absolute atomic E-state index is 0.00926. The predicted molar refractivity (Wildman–Crippen MR) is 96.7 cm³/mol. The number of halogens is 3. The lowest BCUT2D eigenvalue weighted by molar-refractivity contribution is -0.132. The number of alkyl halides is 1. The minimum Gasteiger partial charge on any atom is -0.502 e. The van der Waals surface area contributed by atoms with Crippen LogP contribution >= 0.6 is 27.5 Å². The van der Waals surface area contributed by atoms with Crippen LogP contribution < -0.4 is 9.46 Å². The number of ether oxygens (including phenoxy) is 1. The Morgan fingerprint density at radius 3 is 2.81 bits per heavy atom.